The van der Waals surface area contributed by atoms with E-state index in [-0.39, 0.29) is 12.2 Å². The molecule has 0 heterocycles. The molecular weight excluding hydrogens is 921 g/mol. The van der Waals surface area contributed by atoms with Gasteiger partial charge in [0.15, 0.2) is 0 Å². The Morgan fingerprint density at radius 1 is 0.267 bits per heavy atom. The lowest BCUT2D eigenvalue weighted by Gasteiger charge is -2.24. The van der Waals surface area contributed by atoms with E-state index in [2.05, 4.69) is 243 Å². The van der Waals surface area contributed by atoms with Crippen molar-refractivity contribution in [3.05, 3.63) is 289 Å². The highest BCUT2D eigenvalue weighted by Crippen LogP contribution is 2.48. The fraction of sp³-hybridized carbons (Fsp3) is 0.0857. The van der Waals surface area contributed by atoms with Crippen LogP contribution in [0.4, 0.5) is 0 Å². The smallest absolute Gasteiger partial charge is 0.149 e. The number of hydrogen-bond donors (Lipinski definition) is 0. The van der Waals surface area contributed by atoms with Crippen LogP contribution in [-0.2, 0) is 4.74 Å². The molecule has 12 aromatic carbocycles. The molecule has 0 aromatic heterocycles. The third kappa shape index (κ3) is 10.0. The largest absolute Gasteiger partial charge is 0.491 e. The second-order valence-electron chi connectivity index (χ2n) is 18.6. The van der Waals surface area contributed by atoms with Crippen LogP contribution >= 0.6 is 0 Å². The summed E-state index contributed by atoms with van der Waals surface area (Å²) in [5.41, 5.74) is 8.29. The molecule has 0 atom stereocenters. The Morgan fingerprint density at radius 2 is 0.627 bits per heavy atom. The van der Waals surface area contributed by atoms with Crippen molar-refractivity contribution in [2.75, 3.05) is 26.4 Å². The van der Waals surface area contributed by atoms with Gasteiger partial charge in [-0.1, -0.05) is 237 Å². The van der Waals surface area contributed by atoms with Gasteiger partial charge in [0, 0.05) is 16.7 Å². The minimum Gasteiger partial charge on any atom is -0.491 e. The summed E-state index contributed by atoms with van der Waals surface area (Å²) in [4.78, 5) is 0. The molecule has 364 valence electrons. The molecule has 0 aliphatic heterocycles. The zero-order valence-electron chi connectivity index (χ0n) is 41.4. The van der Waals surface area contributed by atoms with Crippen molar-refractivity contribution in [3.8, 4) is 45.3 Å². The molecule has 75 heavy (non-hydrogen) atoms. The predicted octanol–water partition coefficient (Wildman–Crippen LogP) is 17.4. The lowest BCUT2D eigenvalue weighted by molar-refractivity contribution is 0.0767. The van der Waals surface area contributed by atoms with Crippen LogP contribution in [0, 0.1) is 0 Å². The van der Waals surface area contributed by atoms with E-state index in [1.807, 2.05) is 24.3 Å². The van der Waals surface area contributed by atoms with Gasteiger partial charge >= 0.3 is 0 Å². The van der Waals surface area contributed by atoms with Gasteiger partial charge in [0.25, 0.3) is 0 Å². The van der Waals surface area contributed by atoms with Crippen LogP contribution < -0.4 is 18.9 Å². The zero-order chi connectivity index (χ0) is 50.2. The minimum absolute atomic E-state index is 0.305. The normalized spacial score (nSPS) is 11.4. The van der Waals surface area contributed by atoms with Gasteiger partial charge in [0.2, 0.25) is 0 Å². The van der Waals surface area contributed by atoms with E-state index >= 15 is 0 Å². The van der Waals surface area contributed by atoms with Gasteiger partial charge in [-0.3, -0.25) is 0 Å². The molecule has 12 aromatic rings. The Bertz CT molecular complexity index is 3800. The van der Waals surface area contributed by atoms with E-state index in [4.69, 9.17) is 23.7 Å². The van der Waals surface area contributed by atoms with Gasteiger partial charge in [-0.2, -0.15) is 0 Å². The van der Waals surface area contributed by atoms with E-state index < -0.39 is 0 Å². The van der Waals surface area contributed by atoms with Crippen molar-refractivity contribution in [3.63, 3.8) is 0 Å². The lowest BCUT2D eigenvalue weighted by Crippen LogP contribution is -2.13. The second kappa shape index (κ2) is 21.9. The highest BCUT2D eigenvalue weighted by atomic mass is 16.5. The zero-order valence-corrected chi connectivity index (χ0v) is 41.4. The molecule has 0 aliphatic carbocycles. The van der Waals surface area contributed by atoms with E-state index in [0.29, 0.717) is 26.4 Å². The van der Waals surface area contributed by atoms with Crippen molar-refractivity contribution in [1.29, 1.82) is 0 Å². The van der Waals surface area contributed by atoms with Crippen LogP contribution in [0.3, 0.4) is 0 Å². The quantitative estimate of drug-likeness (QED) is 0.0802. The SMILES string of the molecule is c1ccc(C(Oc2cc(-c3c(OCCOCCOc4ccc5ccccc5c4-c4c(OC(c5ccccc5)c5ccccc5)ccc5ccccc45)ccc4ccccc34)c3ccccc3c2)c2ccccc2)cc1. The first kappa shape index (κ1) is 46.9. The fourth-order valence-electron chi connectivity index (χ4n) is 10.4. The molecule has 0 unspecified atom stereocenters. The number of hydrogen-bond acceptors (Lipinski definition) is 5. The van der Waals surface area contributed by atoms with Crippen LogP contribution in [-0.4, -0.2) is 26.4 Å². The number of ether oxygens (including phenoxy) is 5. The summed E-state index contributed by atoms with van der Waals surface area (Å²) in [6, 6.07) is 92.6. The highest BCUT2D eigenvalue weighted by Gasteiger charge is 2.24. The number of rotatable bonds is 18. The first-order valence-electron chi connectivity index (χ1n) is 25.7. The summed E-state index contributed by atoms with van der Waals surface area (Å²) in [6.45, 7) is 1.39. The summed E-state index contributed by atoms with van der Waals surface area (Å²) in [5, 5.41) is 8.78. The molecule has 0 saturated carbocycles. The van der Waals surface area contributed by atoms with Crippen molar-refractivity contribution in [2.24, 2.45) is 0 Å². The van der Waals surface area contributed by atoms with Crippen LogP contribution in [0.1, 0.15) is 34.5 Å². The summed E-state index contributed by atoms with van der Waals surface area (Å²) < 4.78 is 34.1. The molecule has 5 nitrogen and oxygen atoms in total. The predicted molar refractivity (Wildman–Crippen MR) is 306 cm³/mol. The maximum Gasteiger partial charge on any atom is 0.149 e. The van der Waals surface area contributed by atoms with Crippen molar-refractivity contribution in [1.82, 2.24) is 0 Å². The van der Waals surface area contributed by atoms with Gasteiger partial charge in [-0.05, 0) is 101 Å². The fourth-order valence-corrected chi connectivity index (χ4v) is 10.4. The summed E-state index contributed by atoms with van der Waals surface area (Å²) in [5.74, 6) is 3.06. The third-order valence-corrected chi connectivity index (χ3v) is 13.9. The van der Waals surface area contributed by atoms with Gasteiger partial charge in [-0.25, -0.2) is 0 Å². The van der Waals surface area contributed by atoms with Crippen LogP contribution in [0.25, 0.3) is 65.3 Å². The van der Waals surface area contributed by atoms with Crippen LogP contribution in [0.5, 0.6) is 23.0 Å². The van der Waals surface area contributed by atoms with Gasteiger partial charge in [0.1, 0.15) is 48.4 Å². The molecular formula is C70H54O5. The average molecular weight is 975 g/mol. The molecule has 5 heteroatoms. The maximum atomic E-state index is 7.23. The Kier molecular flexibility index (Phi) is 13.7. The molecule has 0 radical (unpaired) electrons. The van der Waals surface area contributed by atoms with E-state index in [0.717, 1.165) is 111 Å². The molecule has 0 N–H and O–H groups in total. The molecule has 0 aliphatic rings. The average Bonchev–Trinajstić information content (AvgIpc) is 3.50. The Labute approximate surface area is 437 Å². The maximum absolute atomic E-state index is 7.23. The molecule has 12 rings (SSSR count). The van der Waals surface area contributed by atoms with Crippen molar-refractivity contribution >= 4 is 43.1 Å². The standard InChI is InChI=1S/C70H54O5/c1-5-24-52(25-6-1)69(53-26-7-2-8-27-53)74-57-47-56-32-16-17-33-58(56)62(48-57)66-59-34-18-13-21-49(59)37-40-63(66)72-45-43-71-44-46-73-64-41-38-50-22-14-19-35-60(50)67(64)68-61-36-20-15-23-51(61)39-42-65(68)75-70(54-28-9-3-10-29-54)55-30-11-4-12-31-55/h1-42,47-48,69-70H,43-46H2. The summed E-state index contributed by atoms with van der Waals surface area (Å²) in [6.07, 6.45) is -0.648. The van der Waals surface area contributed by atoms with E-state index in [1.165, 1.54) is 0 Å². The van der Waals surface area contributed by atoms with Crippen LogP contribution in [0.15, 0.2) is 267 Å². The van der Waals surface area contributed by atoms with Gasteiger partial charge in [-0.15, -0.1) is 0 Å². The number of benzene rings is 12. The minimum atomic E-state index is -0.343. The third-order valence-electron chi connectivity index (χ3n) is 13.9. The Hall–Kier alpha value is -9.16. The second-order valence-corrected chi connectivity index (χ2v) is 18.6. The Morgan fingerprint density at radius 3 is 1.11 bits per heavy atom. The summed E-state index contributed by atoms with van der Waals surface area (Å²) in [7, 11) is 0. The highest BCUT2D eigenvalue weighted by molar-refractivity contribution is 6.10. The molecule has 0 fully saturated rings. The van der Waals surface area contributed by atoms with Gasteiger partial charge < -0.3 is 23.7 Å². The molecule has 0 amide bonds. The van der Waals surface area contributed by atoms with Crippen LogP contribution in [0.2, 0.25) is 0 Å². The van der Waals surface area contributed by atoms with E-state index in [9.17, 15) is 0 Å². The van der Waals surface area contributed by atoms with E-state index in [1.54, 1.807) is 0 Å². The monoisotopic (exact) mass is 974 g/mol. The Balaban J connectivity index is 0.808. The molecule has 0 saturated heterocycles. The first-order chi connectivity index (χ1) is 37.2. The lowest BCUT2D eigenvalue weighted by atomic mass is 9.92. The van der Waals surface area contributed by atoms with Gasteiger partial charge in [0.05, 0.1) is 13.2 Å². The van der Waals surface area contributed by atoms with Crippen molar-refractivity contribution in [2.45, 2.75) is 12.2 Å². The molecule has 0 spiro atoms. The summed E-state index contributed by atoms with van der Waals surface area (Å²) >= 11 is 0. The number of fused-ring (bicyclic) bond motifs is 4. The first-order valence-corrected chi connectivity index (χ1v) is 25.7. The topological polar surface area (TPSA) is 46.2 Å². The molecule has 0 bridgehead atoms. The van der Waals surface area contributed by atoms with Crippen molar-refractivity contribution < 1.29 is 23.7 Å².